The largest absolute Gasteiger partial charge is 0.465 e. The standard InChI is InChI=1S/C14H15NO3/c1-8-5-6-11(9(2)7-8)13-12(14(16)17-4)10(3)18-15-13/h5-7H,1-4H3. The molecular weight excluding hydrogens is 230 g/mol. The van der Waals surface area contributed by atoms with Crippen molar-refractivity contribution in [1.29, 1.82) is 0 Å². The first-order valence-electron chi connectivity index (χ1n) is 5.66. The minimum absolute atomic E-state index is 0.393. The number of carbonyl (C=O) groups is 1. The molecule has 1 aromatic heterocycles. The van der Waals surface area contributed by atoms with E-state index in [1.54, 1.807) is 6.92 Å². The van der Waals surface area contributed by atoms with Crippen molar-refractivity contribution in [2.24, 2.45) is 0 Å². The van der Waals surface area contributed by atoms with E-state index in [1.165, 1.54) is 7.11 Å². The molecule has 0 atom stereocenters. The second kappa shape index (κ2) is 4.64. The quantitative estimate of drug-likeness (QED) is 0.763. The van der Waals surface area contributed by atoms with Gasteiger partial charge in [-0.2, -0.15) is 0 Å². The maximum atomic E-state index is 11.7. The fourth-order valence-corrected chi connectivity index (χ4v) is 1.98. The van der Waals surface area contributed by atoms with Gasteiger partial charge in [0.05, 0.1) is 7.11 Å². The second-order valence-electron chi connectivity index (χ2n) is 4.27. The van der Waals surface area contributed by atoms with E-state index in [0.717, 1.165) is 16.7 Å². The van der Waals surface area contributed by atoms with Gasteiger partial charge < -0.3 is 9.26 Å². The Morgan fingerprint density at radius 2 is 2.00 bits per heavy atom. The molecule has 2 rings (SSSR count). The fourth-order valence-electron chi connectivity index (χ4n) is 1.98. The lowest BCUT2D eigenvalue weighted by Crippen LogP contribution is -2.04. The Kier molecular flexibility index (Phi) is 3.19. The summed E-state index contributed by atoms with van der Waals surface area (Å²) in [5, 5.41) is 3.97. The smallest absolute Gasteiger partial charge is 0.343 e. The summed E-state index contributed by atoms with van der Waals surface area (Å²) in [5.74, 6) is 0.0422. The van der Waals surface area contributed by atoms with E-state index in [4.69, 9.17) is 9.26 Å². The van der Waals surface area contributed by atoms with E-state index < -0.39 is 5.97 Å². The average Bonchev–Trinajstić information content (AvgIpc) is 2.70. The zero-order valence-corrected chi connectivity index (χ0v) is 10.9. The van der Waals surface area contributed by atoms with E-state index >= 15 is 0 Å². The van der Waals surface area contributed by atoms with Crippen molar-refractivity contribution in [2.45, 2.75) is 20.8 Å². The van der Waals surface area contributed by atoms with Crippen LogP contribution < -0.4 is 0 Å². The van der Waals surface area contributed by atoms with Gasteiger partial charge in [0.15, 0.2) is 0 Å². The van der Waals surface area contributed by atoms with Crippen molar-refractivity contribution in [3.8, 4) is 11.3 Å². The minimum atomic E-state index is -0.427. The molecule has 0 fully saturated rings. The van der Waals surface area contributed by atoms with Gasteiger partial charge in [-0.15, -0.1) is 0 Å². The topological polar surface area (TPSA) is 52.3 Å². The lowest BCUT2D eigenvalue weighted by molar-refractivity contribution is 0.0599. The highest BCUT2D eigenvalue weighted by molar-refractivity contribution is 5.97. The highest BCUT2D eigenvalue weighted by Crippen LogP contribution is 2.28. The van der Waals surface area contributed by atoms with Crippen molar-refractivity contribution in [1.82, 2.24) is 5.16 Å². The summed E-state index contributed by atoms with van der Waals surface area (Å²) < 4.78 is 9.87. The van der Waals surface area contributed by atoms with Crippen molar-refractivity contribution < 1.29 is 14.1 Å². The zero-order valence-electron chi connectivity index (χ0n) is 10.9. The number of ether oxygens (including phenoxy) is 1. The molecule has 2 aromatic rings. The molecule has 0 aliphatic carbocycles. The Hall–Kier alpha value is -2.10. The van der Waals surface area contributed by atoms with Gasteiger partial charge in [-0.05, 0) is 26.3 Å². The van der Waals surface area contributed by atoms with Crippen LogP contribution in [-0.2, 0) is 4.74 Å². The van der Waals surface area contributed by atoms with Crippen LogP contribution in [0.15, 0.2) is 22.7 Å². The summed E-state index contributed by atoms with van der Waals surface area (Å²) in [5.41, 5.74) is 4.03. The molecule has 0 spiro atoms. The van der Waals surface area contributed by atoms with Crippen molar-refractivity contribution in [2.75, 3.05) is 7.11 Å². The van der Waals surface area contributed by atoms with E-state index in [2.05, 4.69) is 5.16 Å². The lowest BCUT2D eigenvalue weighted by atomic mass is 10.00. The SMILES string of the molecule is COC(=O)c1c(-c2ccc(C)cc2C)noc1C. The number of aryl methyl sites for hydroxylation is 3. The van der Waals surface area contributed by atoms with Crippen LogP contribution in [0.25, 0.3) is 11.3 Å². The molecule has 0 unspecified atom stereocenters. The Morgan fingerprint density at radius 3 is 2.61 bits per heavy atom. The minimum Gasteiger partial charge on any atom is -0.465 e. The normalized spacial score (nSPS) is 10.4. The van der Waals surface area contributed by atoms with Crippen molar-refractivity contribution in [3.05, 3.63) is 40.6 Å². The number of benzene rings is 1. The third-order valence-corrected chi connectivity index (χ3v) is 2.89. The third kappa shape index (κ3) is 2.01. The number of methoxy groups -OCH3 is 1. The molecule has 0 radical (unpaired) electrons. The van der Waals surface area contributed by atoms with E-state index in [-0.39, 0.29) is 0 Å². The summed E-state index contributed by atoms with van der Waals surface area (Å²) >= 11 is 0. The number of rotatable bonds is 2. The summed E-state index contributed by atoms with van der Waals surface area (Å²) in [7, 11) is 1.35. The number of hydrogen-bond donors (Lipinski definition) is 0. The van der Waals surface area contributed by atoms with Gasteiger partial charge in [0.1, 0.15) is 17.0 Å². The predicted molar refractivity (Wildman–Crippen MR) is 67.5 cm³/mol. The molecule has 0 saturated heterocycles. The van der Waals surface area contributed by atoms with Gasteiger partial charge in [-0.25, -0.2) is 4.79 Å². The van der Waals surface area contributed by atoms with Gasteiger partial charge in [0.2, 0.25) is 0 Å². The number of hydrogen-bond acceptors (Lipinski definition) is 4. The molecule has 0 N–H and O–H groups in total. The van der Waals surface area contributed by atoms with Crippen LogP contribution in [0.5, 0.6) is 0 Å². The monoisotopic (exact) mass is 245 g/mol. The zero-order chi connectivity index (χ0) is 13.3. The van der Waals surface area contributed by atoms with Crippen LogP contribution in [-0.4, -0.2) is 18.2 Å². The molecule has 0 aliphatic heterocycles. The summed E-state index contributed by atoms with van der Waals surface area (Å²) in [6.45, 7) is 5.70. The van der Waals surface area contributed by atoms with Gasteiger partial charge in [0, 0.05) is 5.56 Å². The molecular formula is C14H15NO3. The molecule has 0 bridgehead atoms. The van der Waals surface area contributed by atoms with Crippen LogP contribution >= 0.6 is 0 Å². The molecule has 0 amide bonds. The molecule has 1 heterocycles. The Labute approximate surface area is 106 Å². The average molecular weight is 245 g/mol. The van der Waals surface area contributed by atoms with Crippen LogP contribution in [0.3, 0.4) is 0 Å². The molecule has 0 saturated carbocycles. The number of nitrogens with zero attached hydrogens (tertiary/aromatic N) is 1. The Balaban J connectivity index is 2.61. The van der Waals surface area contributed by atoms with Crippen molar-refractivity contribution >= 4 is 5.97 Å². The number of esters is 1. The lowest BCUT2D eigenvalue weighted by Gasteiger charge is -2.05. The highest BCUT2D eigenvalue weighted by atomic mass is 16.5. The maximum absolute atomic E-state index is 11.7. The van der Waals surface area contributed by atoms with Gasteiger partial charge in [0.25, 0.3) is 0 Å². The molecule has 0 aliphatic rings. The predicted octanol–water partition coefficient (Wildman–Crippen LogP) is 3.05. The van der Waals surface area contributed by atoms with Crippen LogP contribution in [0.4, 0.5) is 0 Å². The van der Waals surface area contributed by atoms with Crippen LogP contribution in [0.1, 0.15) is 27.2 Å². The Bertz CT molecular complexity index is 599. The van der Waals surface area contributed by atoms with E-state index in [9.17, 15) is 4.79 Å². The summed E-state index contributed by atoms with van der Waals surface area (Å²) in [6.07, 6.45) is 0. The third-order valence-electron chi connectivity index (χ3n) is 2.89. The maximum Gasteiger partial charge on any atom is 0.343 e. The fraction of sp³-hybridized carbons (Fsp3) is 0.286. The van der Waals surface area contributed by atoms with E-state index in [1.807, 2.05) is 32.0 Å². The first-order valence-corrected chi connectivity index (χ1v) is 5.66. The van der Waals surface area contributed by atoms with Crippen LogP contribution in [0, 0.1) is 20.8 Å². The number of aromatic nitrogens is 1. The van der Waals surface area contributed by atoms with E-state index in [0.29, 0.717) is 17.0 Å². The first kappa shape index (κ1) is 12.4. The van der Waals surface area contributed by atoms with Gasteiger partial charge >= 0.3 is 5.97 Å². The van der Waals surface area contributed by atoms with Crippen molar-refractivity contribution in [3.63, 3.8) is 0 Å². The molecule has 1 aromatic carbocycles. The van der Waals surface area contributed by atoms with Gasteiger partial charge in [-0.1, -0.05) is 28.9 Å². The molecule has 94 valence electrons. The van der Waals surface area contributed by atoms with Crippen LogP contribution in [0.2, 0.25) is 0 Å². The number of carbonyl (C=O) groups excluding carboxylic acids is 1. The summed E-state index contributed by atoms with van der Waals surface area (Å²) in [4.78, 5) is 11.7. The highest BCUT2D eigenvalue weighted by Gasteiger charge is 2.22. The Morgan fingerprint density at radius 1 is 1.28 bits per heavy atom. The second-order valence-corrected chi connectivity index (χ2v) is 4.27. The van der Waals surface area contributed by atoms with Gasteiger partial charge in [-0.3, -0.25) is 0 Å². The first-order chi connectivity index (χ1) is 8.54. The molecule has 18 heavy (non-hydrogen) atoms. The summed E-state index contributed by atoms with van der Waals surface area (Å²) in [6, 6.07) is 5.96. The molecule has 4 heteroatoms. The molecule has 4 nitrogen and oxygen atoms in total.